The van der Waals surface area contributed by atoms with E-state index in [1.165, 1.54) is 32.0 Å². The van der Waals surface area contributed by atoms with Crippen LogP contribution in [0.5, 0.6) is 0 Å². The molecule has 0 aromatic carbocycles. The SMILES string of the molecule is NCC(Nc1nc[nH]c(=O)c1I)C1CCCC1. The lowest BCUT2D eigenvalue weighted by Gasteiger charge is -2.23. The normalized spacial score (nSPS) is 18.2. The van der Waals surface area contributed by atoms with E-state index >= 15 is 0 Å². The molecule has 1 heterocycles. The van der Waals surface area contributed by atoms with E-state index < -0.39 is 0 Å². The largest absolute Gasteiger partial charge is 0.365 e. The second-order valence-electron chi connectivity index (χ2n) is 4.43. The second-order valence-corrected chi connectivity index (χ2v) is 5.50. The first-order chi connectivity index (χ1) is 8.22. The monoisotopic (exact) mass is 348 g/mol. The number of aromatic nitrogens is 2. The molecular weight excluding hydrogens is 331 g/mol. The van der Waals surface area contributed by atoms with Crippen LogP contribution in [-0.2, 0) is 0 Å². The molecule has 1 aromatic rings. The molecule has 5 nitrogen and oxygen atoms in total. The number of hydrogen-bond donors (Lipinski definition) is 3. The highest BCUT2D eigenvalue weighted by Gasteiger charge is 2.24. The Balaban J connectivity index is 2.12. The molecule has 4 N–H and O–H groups in total. The van der Waals surface area contributed by atoms with E-state index in [1.807, 2.05) is 22.6 Å². The molecule has 0 radical (unpaired) electrons. The summed E-state index contributed by atoms with van der Waals surface area (Å²) in [4.78, 5) is 18.2. The average molecular weight is 348 g/mol. The highest BCUT2D eigenvalue weighted by Crippen LogP contribution is 2.29. The number of halogens is 1. The van der Waals surface area contributed by atoms with Crippen LogP contribution in [0.1, 0.15) is 25.7 Å². The van der Waals surface area contributed by atoms with Gasteiger partial charge in [-0.15, -0.1) is 0 Å². The third-order valence-electron chi connectivity index (χ3n) is 3.34. The fraction of sp³-hybridized carbons (Fsp3) is 0.636. The van der Waals surface area contributed by atoms with E-state index in [9.17, 15) is 4.79 Å². The molecule has 1 atom stereocenters. The number of hydrogen-bond acceptors (Lipinski definition) is 4. The Hall–Kier alpha value is -0.630. The van der Waals surface area contributed by atoms with Gasteiger partial charge in [0.2, 0.25) is 0 Å². The fourth-order valence-corrected chi connectivity index (χ4v) is 2.84. The Morgan fingerprint density at radius 1 is 1.59 bits per heavy atom. The molecular formula is C11H17IN4O. The van der Waals surface area contributed by atoms with Gasteiger partial charge in [0.25, 0.3) is 5.56 Å². The fourth-order valence-electron chi connectivity index (χ4n) is 2.39. The molecule has 0 spiro atoms. The van der Waals surface area contributed by atoms with Crippen LogP contribution in [0.15, 0.2) is 11.1 Å². The number of nitrogens with one attached hydrogen (secondary N) is 2. The number of rotatable bonds is 4. The highest BCUT2D eigenvalue weighted by atomic mass is 127. The van der Waals surface area contributed by atoms with Gasteiger partial charge in [-0.2, -0.15) is 0 Å². The van der Waals surface area contributed by atoms with E-state index in [2.05, 4.69) is 15.3 Å². The van der Waals surface area contributed by atoms with Gasteiger partial charge in [-0.25, -0.2) is 4.98 Å². The molecule has 1 aliphatic carbocycles. The lowest BCUT2D eigenvalue weighted by atomic mass is 9.98. The molecule has 1 unspecified atom stereocenters. The number of aromatic amines is 1. The van der Waals surface area contributed by atoms with E-state index in [-0.39, 0.29) is 11.6 Å². The van der Waals surface area contributed by atoms with E-state index in [0.29, 0.717) is 21.9 Å². The minimum absolute atomic E-state index is 0.106. The van der Waals surface area contributed by atoms with Gasteiger partial charge in [-0.3, -0.25) is 4.79 Å². The average Bonchev–Trinajstić information content (AvgIpc) is 2.85. The summed E-state index contributed by atoms with van der Waals surface area (Å²) in [7, 11) is 0. The lowest BCUT2D eigenvalue weighted by molar-refractivity contribution is 0.461. The molecule has 1 aromatic heterocycles. The number of H-pyrrole nitrogens is 1. The lowest BCUT2D eigenvalue weighted by Crippen LogP contribution is -2.36. The Bertz CT molecular complexity index is 428. The Labute approximate surface area is 114 Å². The zero-order chi connectivity index (χ0) is 12.3. The van der Waals surface area contributed by atoms with Crippen LogP contribution in [-0.4, -0.2) is 22.6 Å². The predicted molar refractivity (Wildman–Crippen MR) is 76.0 cm³/mol. The zero-order valence-corrected chi connectivity index (χ0v) is 11.7. The predicted octanol–water partition coefficient (Wildman–Crippen LogP) is 1.30. The zero-order valence-electron chi connectivity index (χ0n) is 9.58. The topological polar surface area (TPSA) is 83.8 Å². The summed E-state index contributed by atoms with van der Waals surface area (Å²) in [6, 6.07) is 0.223. The maximum Gasteiger partial charge on any atom is 0.266 e. The first-order valence-corrected chi connectivity index (χ1v) is 7.00. The van der Waals surface area contributed by atoms with Gasteiger partial charge >= 0.3 is 0 Å². The van der Waals surface area contributed by atoms with Crippen LogP contribution in [0.3, 0.4) is 0 Å². The first-order valence-electron chi connectivity index (χ1n) is 5.92. The Morgan fingerprint density at radius 2 is 2.29 bits per heavy atom. The van der Waals surface area contributed by atoms with Crippen molar-refractivity contribution in [2.24, 2.45) is 11.7 Å². The van der Waals surface area contributed by atoms with Crippen molar-refractivity contribution in [2.45, 2.75) is 31.7 Å². The smallest absolute Gasteiger partial charge is 0.266 e. The van der Waals surface area contributed by atoms with Crippen molar-refractivity contribution in [2.75, 3.05) is 11.9 Å². The van der Waals surface area contributed by atoms with Gasteiger partial charge in [0, 0.05) is 12.6 Å². The Kier molecular flexibility index (Phi) is 4.38. The molecule has 2 rings (SSSR count). The third kappa shape index (κ3) is 2.98. The summed E-state index contributed by atoms with van der Waals surface area (Å²) in [5.74, 6) is 1.26. The summed E-state index contributed by atoms with van der Waals surface area (Å²) in [5, 5.41) is 3.32. The van der Waals surface area contributed by atoms with Crippen LogP contribution >= 0.6 is 22.6 Å². The van der Waals surface area contributed by atoms with Crippen LogP contribution in [0.2, 0.25) is 0 Å². The summed E-state index contributed by atoms with van der Waals surface area (Å²) in [6.07, 6.45) is 6.42. The van der Waals surface area contributed by atoms with Gasteiger partial charge in [0.05, 0.1) is 6.33 Å². The molecule has 17 heavy (non-hydrogen) atoms. The molecule has 94 valence electrons. The van der Waals surface area contributed by atoms with Crippen molar-refractivity contribution in [3.63, 3.8) is 0 Å². The van der Waals surface area contributed by atoms with Gasteiger partial charge in [0.15, 0.2) is 0 Å². The van der Waals surface area contributed by atoms with Crippen molar-refractivity contribution >= 4 is 28.4 Å². The number of anilines is 1. The standard InChI is InChI=1S/C11H17IN4O/c12-9-10(14-6-15-11(9)17)16-8(5-13)7-3-1-2-4-7/h6-8H,1-5,13H2,(H2,14,15,16,17). The highest BCUT2D eigenvalue weighted by molar-refractivity contribution is 14.1. The minimum Gasteiger partial charge on any atom is -0.365 e. The second kappa shape index (κ2) is 5.81. The van der Waals surface area contributed by atoms with Crippen molar-refractivity contribution in [1.29, 1.82) is 0 Å². The molecule has 1 saturated carbocycles. The third-order valence-corrected chi connectivity index (χ3v) is 4.34. The van der Waals surface area contributed by atoms with Crippen LogP contribution in [0, 0.1) is 9.49 Å². The quantitative estimate of drug-likeness (QED) is 0.717. The number of nitrogens with zero attached hydrogens (tertiary/aromatic N) is 1. The summed E-state index contributed by atoms with van der Waals surface area (Å²) < 4.78 is 0.599. The first kappa shape index (κ1) is 12.8. The van der Waals surface area contributed by atoms with E-state index in [0.717, 1.165) is 0 Å². The van der Waals surface area contributed by atoms with Crippen molar-refractivity contribution < 1.29 is 0 Å². The number of nitrogens with two attached hydrogens (primary N) is 1. The summed E-state index contributed by atoms with van der Waals surface area (Å²) >= 11 is 2.01. The molecule has 1 aliphatic rings. The molecule has 1 fully saturated rings. The van der Waals surface area contributed by atoms with E-state index in [1.54, 1.807) is 0 Å². The molecule has 0 bridgehead atoms. The Morgan fingerprint density at radius 3 is 2.94 bits per heavy atom. The van der Waals surface area contributed by atoms with Gasteiger partial charge < -0.3 is 16.0 Å². The molecule has 0 saturated heterocycles. The van der Waals surface area contributed by atoms with E-state index in [4.69, 9.17) is 5.73 Å². The summed E-state index contributed by atoms with van der Waals surface area (Å²) in [5.41, 5.74) is 5.70. The van der Waals surface area contributed by atoms with Crippen molar-refractivity contribution in [3.8, 4) is 0 Å². The van der Waals surface area contributed by atoms with Crippen LogP contribution in [0.4, 0.5) is 5.82 Å². The van der Waals surface area contributed by atoms with Gasteiger partial charge in [-0.05, 0) is 41.4 Å². The maximum absolute atomic E-state index is 11.5. The summed E-state index contributed by atoms with van der Waals surface area (Å²) in [6.45, 7) is 0.579. The maximum atomic E-state index is 11.5. The van der Waals surface area contributed by atoms with Crippen molar-refractivity contribution in [1.82, 2.24) is 9.97 Å². The van der Waals surface area contributed by atoms with Crippen LogP contribution in [0.25, 0.3) is 0 Å². The van der Waals surface area contributed by atoms with Gasteiger partial charge in [-0.1, -0.05) is 12.8 Å². The van der Waals surface area contributed by atoms with Crippen molar-refractivity contribution in [3.05, 3.63) is 20.3 Å². The van der Waals surface area contributed by atoms with Crippen LogP contribution < -0.4 is 16.6 Å². The molecule has 0 aliphatic heterocycles. The minimum atomic E-state index is -0.106. The molecule has 0 amide bonds. The molecule has 6 heteroatoms. The van der Waals surface area contributed by atoms with Gasteiger partial charge in [0.1, 0.15) is 9.39 Å².